The summed E-state index contributed by atoms with van der Waals surface area (Å²) in [5, 5.41) is 6.75. The van der Waals surface area contributed by atoms with Crippen molar-refractivity contribution in [3.63, 3.8) is 0 Å². The molecule has 0 unspecified atom stereocenters. The second kappa shape index (κ2) is 8.30. The Morgan fingerprint density at radius 2 is 1.92 bits per heavy atom. The van der Waals surface area contributed by atoms with Gasteiger partial charge in [0.25, 0.3) is 0 Å². The van der Waals surface area contributed by atoms with Crippen molar-refractivity contribution in [2.45, 2.75) is 71.4 Å². The maximum absolute atomic E-state index is 12.2. The monoisotopic (exact) mass is 350 g/mol. The van der Waals surface area contributed by atoms with Gasteiger partial charge in [-0.3, -0.25) is 10.2 Å². The van der Waals surface area contributed by atoms with Gasteiger partial charge in [0.2, 0.25) is 0 Å². The summed E-state index contributed by atoms with van der Waals surface area (Å²) in [5.41, 5.74) is 1.05. The summed E-state index contributed by atoms with van der Waals surface area (Å²) in [4.78, 5) is 20.5. The Bertz CT molecular complexity index is 545. The van der Waals surface area contributed by atoms with Gasteiger partial charge in [-0.1, -0.05) is 26.2 Å². The van der Waals surface area contributed by atoms with Crippen LogP contribution in [0.25, 0.3) is 0 Å². The van der Waals surface area contributed by atoms with E-state index in [1.165, 1.54) is 50.1 Å². The Morgan fingerprint density at radius 3 is 2.62 bits per heavy atom. The molecule has 0 spiro atoms. The molecule has 1 saturated heterocycles. The Labute approximate surface area is 149 Å². The third-order valence-electron chi connectivity index (χ3n) is 5.30. The highest BCUT2D eigenvalue weighted by atomic mass is 32.1. The number of hydrogen-bond acceptors (Lipinski definition) is 4. The van der Waals surface area contributed by atoms with E-state index in [1.807, 2.05) is 6.92 Å². The zero-order chi connectivity index (χ0) is 16.9. The highest BCUT2D eigenvalue weighted by Crippen LogP contribution is 2.26. The second-order valence-corrected chi connectivity index (χ2v) is 8.50. The predicted molar refractivity (Wildman–Crippen MR) is 99.6 cm³/mol. The van der Waals surface area contributed by atoms with E-state index in [0.717, 1.165) is 36.1 Å². The number of nitrogens with zero attached hydrogens (tertiary/aromatic N) is 2. The van der Waals surface area contributed by atoms with Crippen molar-refractivity contribution in [3.05, 3.63) is 10.6 Å². The number of rotatable bonds is 4. The number of anilines is 1. The smallest absolute Gasteiger partial charge is 0.321 e. The first kappa shape index (κ1) is 17.7. The lowest BCUT2D eigenvalue weighted by molar-refractivity contribution is 0.186. The van der Waals surface area contributed by atoms with Crippen LogP contribution in [0.1, 0.15) is 62.4 Å². The Balaban J connectivity index is 1.50. The summed E-state index contributed by atoms with van der Waals surface area (Å²) in [5.74, 6) is 0.851. The molecule has 0 bridgehead atoms. The van der Waals surface area contributed by atoms with Gasteiger partial charge in [0.05, 0.1) is 5.69 Å². The molecule has 2 amide bonds. The molecule has 134 valence electrons. The van der Waals surface area contributed by atoms with Gasteiger partial charge in [-0.05, 0) is 51.6 Å². The lowest BCUT2D eigenvalue weighted by Crippen LogP contribution is -2.38. The van der Waals surface area contributed by atoms with Crippen molar-refractivity contribution >= 4 is 22.5 Å². The zero-order valence-electron chi connectivity index (χ0n) is 14.9. The topological polar surface area (TPSA) is 57.3 Å². The molecule has 2 fully saturated rings. The van der Waals surface area contributed by atoms with Gasteiger partial charge in [0.15, 0.2) is 5.13 Å². The van der Waals surface area contributed by atoms with Crippen molar-refractivity contribution in [3.8, 4) is 0 Å². The van der Waals surface area contributed by atoms with E-state index in [0.29, 0.717) is 6.04 Å². The molecule has 0 aromatic carbocycles. The molecule has 1 saturated carbocycles. The van der Waals surface area contributed by atoms with Crippen LogP contribution in [-0.4, -0.2) is 35.0 Å². The van der Waals surface area contributed by atoms with E-state index in [1.54, 1.807) is 11.3 Å². The van der Waals surface area contributed by atoms with E-state index in [4.69, 9.17) is 0 Å². The van der Waals surface area contributed by atoms with E-state index in [2.05, 4.69) is 27.4 Å². The van der Waals surface area contributed by atoms with Gasteiger partial charge < -0.3 is 5.32 Å². The minimum Gasteiger partial charge on any atom is -0.335 e. The van der Waals surface area contributed by atoms with Crippen molar-refractivity contribution in [1.29, 1.82) is 0 Å². The van der Waals surface area contributed by atoms with Crippen molar-refractivity contribution in [2.75, 3.05) is 18.4 Å². The zero-order valence-corrected chi connectivity index (χ0v) is 15.8. The highest BCUT2D eigenvalue weighted by molar-refractivity contribution is 7.15. The molecule has 2 heterocycles. The van der Waals surface area contributed by atoms with Crippen LogP contribution in [0, 0.1) is 12.8 Å². The van der Waals surface area contributed by atoms with Crippen LogP contribution >= 0.6 is 11.3 Å². The van der Waals surface area contributed by atoms with Gasteiger partial charge in [0.1, 0.15) is 0 Å². The number of hydrogen-bond donors (Lipinski definition) is 2. The number of amides is 2. The van der Waals surface area contributed by atoms with Gasteiger partial charge in [-0.25, -0.2) is 9.78 Å². The Hall–Kier alpha value is -1.14. The summed E-state index contributed by atoms with van der Waals surface area (Å²) in [6.07, 6.45) is 8.51. The molecule has 1 aromatic heterocycles. The van der Waals surface area contributed by atoms with Crippen LogP contribution < -0.4 is 10.6 Å². The number of aryl methyl sites for hydroxylation is 1. The van der Waals surface area contributed by atoms with Crippen LogP contribution in [-0.2, 0) is 6.54 Å². The third-order valence-corrected chi connectivity index (χ3v) is 6.35. The fourth-order valence-electron chi connectivity index (χ4n) is 3.62. The SMILES string of the molecule is Cc1nc(NC(=O)NC2CCCCC2)sc1CN1CCC(C)CC1. The van der Waals surface area contributed by atoms with E-state index >= 15 is 0 Å². The average molecular weight is 351 g/mol. The van der Waals surface area contributed by atoms with E-state index in [9.17, 15) is 4.79 Å². The molecule has 0 radical (unpaired) electrons. The quantitative estimate of drug-likeness (QED) is 0.858. The molecule has 1 aliphatic heterocycles. The fraction of sp³-hybridized carbons (Fsp3) is 0.778. The first-order chi connectivity index (χ1) is 11.6. The molecule has 1 aliphatic carbocycles. The lowest BCUT2D eigenvalue weighted by Gasteiger charge is -2.29. The van der Waals surface area contributed by atoms with Crippen LogP contribution in [0.5, 0.6) is 0 Å². The van der Waals surface area contributed by atoms with Crippen molar-refractivity contribution < 1.29 is 4.79 Å². The minimum absolute atomic E-state index is 0.103. The molecular weight excluding hydrogens is 320 g/mol. The number of piperidine rings is 1. The van der Waals surface area contributed by atoms with Gasteiger partial charge in [-0.15, -0.1) is 11.3 Å². The summed E-state index contributed by atoms with van der Waals surface area (Å²) in [6, 6.07) is 0.226. The standard InChI is InChI=1S/C18H30N4OS/c1-13-8-10-22(11-9-13)12-16-14(2)19-18(24-16)21-17(23)20-15-6-4-3-5-7-15/h13,15H,3-12H2,1-2H3,(H2,19,20,21,23). The normalized spacial score (nSPS) is 20.9. The largest absolute Gasteiger partial charge is 0.335 e. The number of thiazole rings is 1. The Kier molecular flexibility index (Phi) is 6.11. The van der Waals surface area contributed by atoms with Crippen molar-refractivity contribution in [2.24, 2.45) is 5.92 Å². The number of carbonyl (C=O) groups is 1. The van der Waals surface area contributed by atoms with Crippen LogP contribution in [0.15, 0.2) is 0 Å². The molecule has 5 nitrogen and oxygen atoms in total. The first-order valence-corrected chi connectivity index (χ1v) is 10.2. The predicted octanol–water partition coefficient (Wildman–Crippen LogP) is 4.14. The number of nitrogens with one attached hydrogen (secondary N) is 2. The molecule has 2 aliphatic rings. The van der Waals surface area contributed by atoms with Crippen molar-refractivity contribution in [1.82, 2.24) is 15.2 Å². The van der Waals surface area contributed by atoms with Crippen LogP contribution in [0.4, 0.5) is 9.93 Å². The third kappa shape index (κ3) is 4.93. The van der Waals surface area contributed by atoms with Crippen LogP contribution in [0.2, 0.25) is 0 Å². The average Bonchev–Trinajstić information content (AvgIpc) is 2.89. The molecule has 24 heavy (non-hydrogen) atoms. The number of urea groups is 1. The summed E-state index contributed by atoms with van der Waals surface area (Å²) in [7, 11) is 0. The maximum Gasteiger partial charge on any atom is 0.321 e. The fourth-order valence-corrected chi connectivity index (χ4v) is 4.62. The summed E-state index contributed by atoms with van der Waals surface area (Å²) < 4.78 is 0. The highest BCUT2D eigenvalue weighted by Gasteiger charge is 2.20. The number of aromatic nitrogens is 1. The molecule has 6 heteroatoms. The first-order valence-electron chi connectivity index (χ1n) is 9.36. The molecule has 1 aromatic rings. The molecule has 2 N–H and O–H groups in total. The van der Waals surface area contributed by atoms with Crippen LogP contribution in [0.3, 0.4) is 0 Å². The molecule has 3 rings (SSSR count). The molecule has 0 atom stereocenters. The van der Waals surface area contributed by atoms with Gasteiger partial charge >= 0.3 is 6.03 Å². The number of likely N-dealkylation sites (tertiary alicyclic amines) is 1. The van der Waals surface area contributed by atoms with Gasteiger partial charge in [0, 0.05) is 17.5 Å². The maximum atomic E-state index is 12.2. The van der Waals surface area contributed by atoms with Gasteiger partial charge in [-0.2, -0.15) is 0 Å². The Morgan fingerprint density at radius 1 is 1.21 bits per heavy atom. The second-order valence-electron chi connectivity index (χ2n) is 7.42. The minimum atomic E-state index is -0.103. The lowest BCUT2D eigenvalue weighted by atomic mass is 9.96. The summed E-state index contributed by atoms with van der Waals surface area (Å²) >= 11 is 1.62. The van der Waals surface area contributed by atoms with E-state index < -0.39 is 0 Å². The van der Waals surface area contributed by atoms with E-state index in [-0.39, 0.29) is 6.03 Å². The number of carbonyl (C=O) groups excluding carboxylic acids is 1. The summed E-state index contributed by atoms with van der Waals surface area (Å²) in [6.45, 7) is 7.68. The molecular formula is C18H30N4OS.